The monoisotopic (exact) mass is 375 g/mol. The van der Waals surface area contributed by atoms with Crippen LogP contribution in [0, 0.1) is 0 Å². The molecule has 0 unspecified atom stereocenters. The number of benzene rings is 2. The van der Waals surface area contributed by atoms with Gasteiger partial charge in [-0.25, -0.2) is 5.43 Å². The Bertz CT molecular complexity index is 946. The van der Waals surface area contributed by atoms with Crippen molar-refractivity contribution in [2.45, 2.75) is 19.8 Å². The standard InChI is InChI=1S/C22H21N3O3/c1-16(24-25-21(26)14-9-17-6-3-2-4-7-17)18-10-12-19(13-11-18)23-22(27)20-8-5-15-28-20/h2-8,10-13,15H,9,14H2,1H3,(H,23,27)(H,25,26)/b24-16+. The zero-order valence-electron chi connectivity index (χ0n) is 15.5. The molecule has 3 rings (SSSR count). The third-order valence-corrected chi connectivity index (χ3v) is 4.14. The van der Waals surface area contributed by atoms with Crippen molar-refractivity contribution in [2.24, 2.45) is 5.10 Å². The van der Waals surface area contributed by atoms with Crippen molar-refractivity contribution in [3.63, 3.8) is 0 Å². The Morgan fingerprint density at radius 2 is 1.71 bits per heavy atom. The first-order valence-corrected chi connectivity index (χ1v) is 8.94. The molecule has 2 amide bonds. The lowest BCUT2D eigenvalue weighted by Gasteiger charge is -2.06. The van der Waals surface area contributed by atoms with Gasteiger partial charge in [-0.3, -0.25) is 9.59 Å². The van der Waals surface area contributed by atoms with E-state index < -0.39 is 0 Å². The van der Waals surface area contributed by atoms with E-state index >= 15 is 0 Å². The normalized spacial score (nSPS) is 11.1. The highest BCUT2D eigenvalue weighted by atomic mass is 16.3. The maximum absolute atomic E-state index is 12.0. The Hall–Kier alpha value is -3.67. The number of aryl methyl sites for hydroxylation is 1. The van der Waals surface area contributed by atoms with E-state index in [0.29, 0.717) is 24.2 Å². The summed E-state index contributed by atoms with van der Waals surface area (Å²) in [6.07, 6.45) is 2.50. The average Bonchev–Trinajstić information content (AvgIpc) is 3.27. The fourth-order valence-corrected chi connectivity index (χ4v) is 2.56. The van der Waals surface area contributed by atoms with Crippen molar-refractivity contribution < 1.29 is 14.0 Å². The van der Waals surface area contributed by atoms with Gasteiger partial charge in [0.05, 0.1) is 12.0 Å². The maximum atomic E-state index is 12.0. The minimum atomic E-state index is -0.311. The molecule has 28 heavy (non-hydrogen) atoms. The van der Waals surface area contributed by atoms with Gasteiger partial charge in [-0.05, 0) is 48.7 Å². The number of hydrazone groups is 1. The molecule has 0 aliphatic rings. The van der Waals surface area contributed by atoms with E-state index in [9.17, 15) is 9.59 Å². The third kappa shape index (κ3) is 5.41. The molecule has 1 heterocycles. The number of amides is 2. The van der Waals surface area contributed by atoms with E-state index in [4.69, 9.17) is 4.42 Å². The number of carbonyl (C=O) groups excluding carboxylic acids is 2. The average molecular weight is 375 g/mol. The summed E-state index contributed by atoms with van der Waals surface area (Å²) in [5, 5.41) is 6.90. The van der Waals surface area contributed by atoms with Gasteiger partial charge < -0.3 is 9.73 Å². The van der Waals surface area contributed by atoms with Gasteiger partial charge in [-0.2, -0.15) is 5.10 Å². The van der Waals surface area contributed by atoms with E-state index in [-0.39, 0.29) is 17.6 Å². The molecule has 6 nitrogen and oxygen atoms in total. The van der Waals surface area contributed by atoms with Gasteiger partial charge in [-0.15, -0.1) is 0 Å². The summed E-state index contributed by atoms with van der Waals surface area (Å²) in [6.45, 7) is 1.81. The van der Waals surface area contributed by atoms with E-state index in [1.54, 1.807) is 24.3 Å². The van der Waals surface area contributed by atoms with Gasteiger partial charge in [0.2, 0.25) is 5.91 Å². The highest BCUT2D eigenvalue weighted by molar-refractivity contribution is 6.03. The molecule has 1 aromatic heterocycles. The van der Waals surface area contributed by atoms with Crippen LogP contribution in [0.5, 0.6) is 0 Å². The molecule has 0 aliphatic heterocycles. The smallest absolute Gasteiger partial charge is 0.291 e. The molecule has 3 aromatic rings. The van der Waals surface area contributed by atoms with Crippen molar-refractivity contribution in [3.05, 3.63) is 89.9 Å². The molecule has 0 saturated heterocycles. The van der Waals surface area contributed by atoms with E-state index in [1.165, 1.54) is 6.26 Å². The third-order valence-electron chi connectivity index (χ3n) is 4.14. The largest absolute Gasteiger partial charge is 0.459 e. The molecule has 0 spiro atoms. The van der Waals surface area contributed by atoms with Gasteiger partial charge in [0.25, 0.3) is 5.91 Å². The second-order valence-corrected chi connectivity index (χ2v) is 6.23. The summed E-state index contributed by atoms with van der Waals surface area (Å²) in [6, 6.07) is 20.3. The molecule has 2 aromatic carbocycles. The van der Waals surface area contributed by atoms with Crippen LogP contribution in [-0.4, -0.2) is 17.5 Å². The summed E-state index contributed by atoms with van der Waals surface area (Å²) >= 11 is 0. The van der Waals surface area contributed by atoms with Crippen LogP contribution in [0.15, 0.2) is 82.5 Å². The topological polar surface area (TPSA) is 83.7 Å². The van der Waals surface area contributed by atoms with Crippen LogP contribution in [-0.2, 0) is 11.2 Å². The van der Waals surface area contributed by atoms with Crippen LogP contribution >= 0.6 is 0 Å². The fourth-order valence-electron chi connectivity index (χ4n) is 2.56. The highest BCUT2D eigenvalue weighted by Gasteiger charge is 2.09. The van der Waals surface area contributed by atoms with Crippen LogP contribution in [0.1, 0.15) is 35.0 Å². The second-order valence-electron chi connectivity index (χ2n) is 6.23. The lowest BCUT2D eigenvalue weighted by Crippen LogP contribution is -2.19. The van der Waals surface area contributed by atoms with Crippen LogP contribution in [0.25, 0.3) is 0 Å². The van der Waals surface area contributed by atoms with Gasteiger partial charge >= 0.3 is 0 Å². The van der Waals surface area contributed by atoms with Crippen molar-refractivity contribution in [3.8, 4) is 0 Å². The van der Waals surface area contributed by atoms with Crippen molar-refractivity contribution in [2.75, 3.05) is 5.32 Å². The Balaban J connectivity index is 1.51. The lowest BCUT2D eigenvalue weighted by molar-refractivity contribution is -0.121. The molecule has 6 heteroatoms. The SMILES string of the molecule is C/C(=N\NC(=O)CCc1ccccc1)c1ccc(NC(=O)c2ccco2)cc1. The number of nitrogens with one attached hydrogen (secondary N) is 2. The minimum Gasteiger partial charge on any atom is -0.459 e. The Morgan fingerprint density at radius 1 is 0.964 bits per heavy atom. The van der Waals surface area contributed by atoms with Gasteiger partial charge in [0.1, 0.15) is 0 Å². The number of nitrogens with zero attached hydrogens (tertiary/aromatic N) is 1. The fraction of sp³-hybridized carbons (Fsp3) is 0.136. The highest BCUT2D eigenvalue weighted by Crippen LogP contribution is 2.12. The number of furan rings is 1. The number of anilines is 1. The first-order valence-electron chi connectivity index (χ1n) is 8.94. The molecule has 0 atom stereocenters. The predicted octanol–water partition coefficient (Wildman–Crippen LogP) is 4.00. The quantitative estimate of drug-likeness (QED) is 0.483. The van der Waals surface area contributed by atoms with E-state index in [0.717, 1.165) is 11.1 Å². The molecule has 142 valence electrons. The zero-order chi connectivity index (χ0) is 19.8. The molecule has 0 radical (unpaired) electrons. The van der Waals surface area contributed by atoms with Crippen molar-refractivity contribution in [1.29, 1.82) is 0 Å². The molecule has 2 N–H and O–H groups in total. The number of rotatable bonds is 7. The van der Waals surface area contributed by atoms with Crippen LogP contribution in [0.4, 0.5) is 5.69 Å². The van der Waals surface area contributed by atoms with Gasteiger partial charge in [-0.1, -0.05) is 42.5 Å². The Labute approximate surface area is 163 Å². The number of hydrogen-bond donors (Lipinski definition) is 2. The lowest BCUT2D eigenvalue weighted by atomic mass is 10.1. The number of carbonyl (C=O) groups is 2. The van der Waals surface area contributed by atoms with Gasteiger partial charge in [0.15, 0.2) is 5.76 Å². The number of hydrogen-bond acceptors (Lipinski definition) is 4. The molecule has 0 bridgehead atoms. The van der Waals surface area contributed by atoms with Crippen LogP contribution in [0.3, 0.4) is 0 Å². The first-order chi connectivity index (χ1) is 13.6. The molecule has 0 aliphatic carbocycles. The Kier molecular flexibility index (Phi) is 6.36. The van der Waals surface area contributed by atoms with Crippen LogP contribution < -0.4 is 10.7 Å². The van der Waals surface area contributed by atoms with Crippen molar-refractivity contribution >= 4 is 23.2 Å². The summed E-state index contributed by atoms with van der Waals surface area (Å²) < 4.78 is 5.06. The molecular formula is C22H21N3O3. The van der Waals surface area contributed by atoms with Gasteiger partial charge in [0, 0.05) is 12.1 Å². The Morgan fingerprint density at radius 3 is 2.39 bits per heavy atom. The van der Waals surface area contributed by atoms with Crippen LogP contribution in [0.2, 0.25) is 0 Å². The summed E-state index contributed by atoms with van der Waals surface area (Å²) in [5.74, 6) is -0.195. The summed E-state index contributed by atoms with van der Waals surface area (Å²) in [4.78, 5) is 23.9. The minimum absolute atomic E-state index is 0.134. The summed E-state index contributed by atoms with van der Waals surface area (Å²) in [7, 11) is 0. The predicted molar refractivity (Wildman–Crippen MR) is 108 cm³/mol. The zero-order valence-corrected chi connectivity index (χ0v) is 15.5. The molecule has 0 fully saturated rings. The van der Waals surface area contributed by atoms with E-state index in [2.05, 4.69) is 15.8 Å². The first kappa shape index (κ1) is 19.1. The summed E-state index contributed by atoms with van der Waals surface area (Å²) in [5.41, 5.74) is 5.87. The molecule has 0 saturated carbocycles. The van der Waals surface area contributed by atoms with E-state index in [1.807, 2.05) is 49.4 Å². The second kappa shape index (κ2) is 9.32. The maximum Gasteiger partial charge on any atom is 0.291 e. The molecular weight excluding hydrogens is 354 g/mol. The van der Waals surface area contributed by atoms with Crippen molar-refractivity contribution in [1.82, 2.24) is 5.43 Å².